The molecule has 1 atom stereocenters. The van der Waals surface area contributed by atoms with E-state index in [9.17, 15) is 8.42 Å². The Hall–Kier alpha value is -1.01. The van der Waals surface area contributed by atoms with E-state index >= 15 is 0 Å². The molecule has 1 aromatic heterocycles. The second-order valence-corrected chi connectivity index (χ2v) is 5.61. The van der Waals surface area contributed by atoms with E-state index in [0.717, 1.165) is 19.5 Å². The molecular formula is C9H15N3O2S. The molecule has 0 aromatic carbocycles. The zero-order valence-corrected chi connectivity index (χ0v) is 9.18. The maximum absolute atomic E-state index is 11.7. The van der Waals surface area contributed by atoms with Crippen LogP contribution >= 0.6 is 0 Å². The molecule has 1 unspecified atom stereocenters. The number of hydrogen-bond donors (Lipinski definition) is 3. The van der Waals surface area contributed by atoms with Crippen molar-refractivity contribution in [2.24, 2.45) is 5.92 Å². The van der Waals surface area contributed by atoms with E-state index in [2.05, 4.69) is 15.0 Å². The Morgan fingerprint density at radius 3 is 3.00 bits per heavy atom. The van der Waals surface area contributed by atoms with Crippen molar-refractivity contribution in [1.29, 1.82) is 0 Å². The minimum Gasteiger partial charge on any atom is -0.366 e. The molecule has 0 spiro atoms. The number of anilines is 1. The first kappa shape index (κ1) is 10.5. The second-order valence-electron chi connectivity index (χ2n) is 3.84. The highest BCUT2D eigenvalue weighted by atomic mass is 32.2. The quantitative estimate of drug-likeness (QED) is 0.698. The van der Waals surface area contributed by atoms with Crippen molar-refractivity contribution in [3.63, 3.8) is 0 Å². The summed E-state index contributed by atoms with van der Waals surface area (Å²) in [5.74, 6) is 0.437. The fourth-order valence-corrected chi connectivity index (χ4v) is 3.25. The summed E-state index contributed by atoms with van der Waals surface area (Å²) in [6, 6.07) is 1.70. The molecule has 5 nitrogen and oxygen atoms in total. The Balaban J connectivity index is 1.94. The van der Waals surface area contributed by atoms with Gasteiger partial charge in [0.05, 0.1) is 11.4 Å². The summed E-state index contributed by atoms with van der Waals surface area (Å²) in [7, 11) is -3.20. The standard InChI is InChI=1S/C9H15N3O2S/c13-15(14,7-8-1-3-10-5-8)12-9-2-4-11-6-9/h2,4,6,8,10-12H,1,3,5,7H2. The van der Waals surface area contributed by atoms with Crippen molar-refractivity contribution in [2.45, 2.75) is 6.42 Å². The van der Waals surface area contributed by atoms with E-state index < -0.39 is 10.0 Å². The van der Waals surface area contributed by atoms with E-state index in [-0.39, 0.29) is 11.7 Å². The number of nitrogens with one attached hydrogen (secondary N) is 3. The smallest absolute Gasteiger partial charge is 0.233 e. The minimum absolute atomic E-state index is 0.200. The van der Waals surface area contributed by atoms with Crippen LogP contribution in [0.4, 0.5) is 5.69 Å². The van der Waals surface area contributed by atoms with Crippen LogP contribution in [0, 0.1) is 5.92 Å². The topological polar surface area (TPSA) is 74.0 Å². The minimum atomic E-state index is -3.20. The molecule has 1 fully saturated rings. The van der Waals surface area contributed by atoms with Crippen molar-refractivity contribution in [3.8, 4) is 0 Å². The molecule has 1 aliphatic rings. The summed E-state index contributed by atoms with van der Waals surface area (Å²) >= 11 is 0. The second kappa shape index (κ2) is 4.24. The molecule has 2 rings (SSSR count). The average molecular weight is 229 g/mol. The summed E-state index contributed by atoms with van der Waals surface area (Å²) in [4.78, 5) is 2.81. The van der Waals surface area contributed by atoms with Crippen LogP contribution in [-0.4, -0.2) is 32.2 Å². The van der Waals surface area contributed by atoms with Gasteiger partial charge < -0.3 is 10.3 Å². The highest BCUT2D eigenvalue weighted by molar-refractivity contribution is 7.92. The van der Waals surface area contributed by atoms with Crippen molar-refractivity contribution < 1.29 is 8.42 Å². The molecular weight excluding hydrogens is 214 g/mol. The predicted molar refractivity (Wildman–Crippen MR) is 59.2 cm³/mol. The number of aromatic nitrogens is 1. The van der Waals surface area contributed by atoms with Crippen molar-refractivity contribution in [2.75, 3.05) is 23.6 Å². The van der Waals surface area contributed by atoms with Gasteiger partial charge in [-0.25, -0.2) is 8.42 Å². The number of hydrogen-bond acceptors (Lipinski definition) is 3. The molecule has 6 heteroatoms. The fourth-order valence-electron chi connectivity index (χ4n) is 1.78. The fraction of sp³-hybridized carbons (Fsp3) is 0.556. The predicted octanol–water partition coefficient (Wildman–Crippen LogP) is 0.366. The van der Waals surface area contributed by atoms with Gasteiger partial charge in [-0.05, 0) is 31.5 Å². The maximum atomic E-state index is 11.7. The van der Waals surface area contributed by atoms with E-state index in [1.165, 1.54) is 0 Å². The van der Waals surface area contributed by atoms with Crippen molar-refractivity contribution >= 4 is 15.7 Å². The highest BCUT2D eigenvalue weighted by Gasteiger charge is 2.22. The van der Waals surface area contributed by atoms with Crippen LogP contribution in [0.15, 0.2) is 18.5 Å². The number of rotatable bonds is 4. The molecule has 1 aliphatic heterocycles. The molecule has 0 amide bonds. The van der Waals surface area contributed by atoms with Gasteiger partial charge in [0, 0.05) is 12.4 Å². The molecule has 3 N–H and O–H groups in total. The highest BCUT2D eigenvalue weighted by Crippen LogP contribution is 2.13. The van der Waals surface area contributed by atoms with Gasteiger partial charge >= 0.3 is 0 Å². The van der Waals surface area contributed by atoms with E-state index in [4.69, 9.17) is 0 Å². The molecule has 0 aliphatic carbocycles. The Morgan fingerprint density at radius 1 is 1.53 bits per heavy atom. The summed E-state index contributed by atoms with van der Waals surface area (Å²) in [5, 5.41) is 3.16. The third kappa shape index (κ3) is 2.97. The van der Waals surface area contributed by atoms with E-state index in [1.54, 1.807) is 18.5 Å². The van der Waals surface area contributed by atoms with Gasteiger partial charge in [0.25, 0.3) is 0 Å². The van der Waals surface area contributed by atoms with Gasteiger partial charge in [0.2, 0.25) is 10.0 Å². The summed E-state index contributed by atoms with van der Waals surface area (Å²) in [6.45, 7) is 1.72. The zero-order chi connectivity index (χ0) is 10.7. The average Bonchev–Trinajstić information content (AvgIpc) is 2.75. The molecule has 0 saturated carbocycles. The molecule has 1 aromatic rings. The third-order valence-corrected chi connectivity index (χ3v) is 3.95. The third-order valence-electron chi connectivity index (χ3n) is 2.49. The Labute approximate surface area is 89.3 Å². The van der Waals surface area contributed by atoms with Gasteiger partial charge in [0.1, 0.15) is 0 Å². The first-order chi connectivity index (χ1) is 7.16. The van der Waals surface area contributed by atoms with Crippen LogP contribution in [0.25, 0.3) is 0 Å². The lowest BCUT2D eigenvalue weighted by atomic mass is 10.2. The molecule has 0 bridgehead atoms. The molecule has 1 saturated heterocycles. The first-order valence-electron chi connectivity index (χ1n) is 5.00. The molecule has 84 valence electrons. The number of H-pyrrole nitrogens is 1. The normalized spacial score (nSPS) is 21.7. The van der Waals surface area contributed by atoms with Crippen molar-refractivity contribution in [1.82, 2.24) is 10.3 Å². The van der Waals surface area contributed by atoms with Gasteiger partial charge in [-0.2, -0.15) is 0 Å². The van der Waals surface area contributed by atoms with E-state index in [0.29, 0.717) is 5.69 Å². The van der Waals surface area contributed by atoms with Crippen LogP contribution in [0.1, 0.15) is 6.42 Å². The van der Waals surface area contributed by atoms with Crippen molar-refractivity contribution in [3.05, 3.63) is 18.5 Å². The largest absolute Gasteiger partial charge is 0.366 e. The monoisotopic (exact) mass is 229 g/mol. The SMILES string of the molecule is O=S(=O)(CC1CCNC1)Nc1cc[nH]c1. The van der Waals surface area contributed by atoms with E-state index in [1.807, 2.05) is 0 Å². The molecule has 0 radical (unpaired) electrons. The Kier molecular flexibility index (Phi) is 2.97. The molecule has 2 heterocycles. The van der Waals surface area contributed by atoms with Gasteiger partial charge in [-0.15, -0.1) is 0 Å². The Bertz CT molecular complexity index is 393. The summed E-state index contributed by atoms with van der Waals surface area (Å²) < 4.78 is 25.9. The van der Waals surface area contributed by atoms with Gasteiger partial charge in [0.15, 0.2) is 0 Å². The molecule has 15 heavy (non-hydrogen) atoms. The van der Waals surface area contributed by atoms with Gasteiger partial charge in [-0.1, -0.05) is 0 Å². The van der Waals surface area contributed by atoms with Crippen LogP contribution < -0.4 is 10.0 Å². The van der Waals surface area contributed by atoms with Gasteiger partial charge in [-0.3, -0.25) is 4.72 Å². The lowest BCUT2D eigenvalue weighted by molar-refractivity contribution is 0.575. The van der Waals surface area contributed by atoms with Crippen LogP contribution in [0.2, 0.25) is 0 Å². The first-order valence-corrected chi connectivity index (χ1v) is 6.65. The zero-order valence-electron chi connectivity index (χ0n) is 8.36. The number of sulfonamides is 1. The lowest BCUT2D eigenvalue weighted by Crippen LogP contribution is -2.23. The van der Waals surface area contributed by atoms with Crippen LogP contribution in [0.5, 0.6) is 0 Å². The summed E-state index contributed by atoms with van der Waals surface area (Å²) in [5.41, 5.74) is 0.598. The van der Waals surface area contributed by atoms with Crippen LogP contribution in [0.3, 0.4) is 0 Å². The number of aromatic amines is 1. The maximum Gasteiger partial charge on any atom is 0.233 e. The van der Waals surface area contributed by atoms with Crippen LogP contribution in [-0.2, 0) is 10.0 Å². The lowest BCUT2D eigenvalue weighted by Gasteiger charge is -2.10. The summed E-state index contributed by atoms with van der Waals surface area (Å²) in [6.07, 6.45) is 4.26. The Morgan fingerprint density at radius 2 is 2.40 bits per heavy atom.